The summed E-state index contributed by atoms with van der Waals surface area (Å²) in [6.45, 7) is 8.45. The molecule has 2 heterocycles. The minimum absolute atomic E-state index is 0.0258. The third-order valence-corrected chi connectivity index (χ3v) is 3.91. The topological polar surface area (TPSA) is 60.4 Å². The fourth-order valence-electron chi connectivity index (χ4n) is 3.26. The van der Waals surface area contributed by atoms with E-state index in [1.807, 2.05) is 5.06 Å². The predicted molar refractivity (Wildman–Crippen MR) is 80.5 cm³/mol. The summed E-state index contributed by atoms with van der Waals surface area (Å²) in [6, 6.07) is 0.155. The summed E-state index contributed by atoms with van der Waals surface area (Å²) in [5.41, 5.74) is -0.358. The average Bonchev–Trinajstić information content (AvgIpc) is 2.23. The molecular weight excluding hydrogens is 315 g/mol. The molecule has 1 aliphatic heterocycles. The zero-order valence-corrected chi connectivity index (χ0v) is 14.4. The van der Waals surface area contributed by atoms with Crippen LogP contribution < -0.4 is 4.74 Å². The monoisotopic (exact) mass is 334 g/mol. The molecule has 0 N–H and O–H groups in total. The van der Waals surface area contributed by atoms with Gasteiger partial charge in [-0.15, -0.1) is 0 Å². The molecule has 0 unspecified atom stereocenters. The van der Waals surface area contributed by atoms with Crippen LogP contribution in [0.3, 0.4) is 0 Å². The first-order chi connectivity index (χ1) is 9.64. The van der Waals surface area contributed by atoms with Crippen LogP contribution in [0, 0.1) is 0 Å². The average molecular weight is 335 g/mol. The van der Waals surface area contributed by atoms with Gasteiger partial charge in [0, 0.05) is 23.9 Å². The highest BCUT2D eigenvalue weighted by atomic mass is 35.5. The van der Waals surface area contributed by atoms with Crippen LogP contribution in [0.5, 0.6) is 6.01 Å². The van der Waals surface area contributed by atoms with Crippen molar-refractivity contribution in [2.45, 2.75) is 57.7 Å². The molecule has 0 spiro atoms. The standard InChI is InChI=1S/C13H20Cl2N4O2/c1-12(2)6-8(7-13(3,4)19(12)20-5)21-11-17-9(14)16-10(15)18-11/h8H,6-7H2,1-5H3. The van der Waals surface area contributed by atoms with Crippen molar-refractivity contribution in [1.82, 2.24) is 20.0 Å². The maximum atomic E-state index is 5.87. The van der Waals surface area contributed by atoms with Gasteiger partial charge >= 0.3 is 6.01 Å². The number of hydroxylamine groups is 2. The second-order valence-electron chi connectivity index (χ2n) is 6.41. The first-order valence-corrected chi connectivity index (χ1v) is 7.48. The van der Waals surface area contributed by atoms with Crippen LogP contribution in [0.15, 0.2) is 0 Å². The molecule has 0 aromatic carbocycles. The molecule has 1 saturated heterocycles. The number of halogens is 2. The van der Waals surface area contributed by atoms with Crippen LogP contribution in [0.4, 0.5) is 0 Å². The van der Waals surface area contributed by atoms with Crippen molar-refractivity contribution in [2.75, 3.05) is 7.11 Å². The van der Waals surface area contributed by atoms with Gasteiger partial charge in [-0.05, 0) is 50.9 Å². The van der Waals surface area contributed by atoms with Crippen molar-refractivity contribution in [1.29, 1.82) is 0 Å². The predicted octanol–water partition coefficient (Wildman–Crippen LogP) is 3.14. The molecule has 0 bridgehead atoms. The molecule has 6 nitrogen and oxygen atoms in total. The second kappa shape index (κ2) is 5.83. The highest BCUT2D eigenvalue weighted by Crippen LogP contribution is 2.39. The van der Waals surface area contributed by atoms with E-state index in [-0.39, 0.29) is 33.8 Å². The van der Waals surface area contributed by atoms with Crippen LogP contribution in [0.1, 0.15) is 40.5 Å². The smallest absolute Gasteiger partial charge is 0.322 e. The number of hydrogen-bond donors (Lipinski definition) is 0. The van der Waals surface area contributed by atoms with Gasteiger partial charge in [0.2, 0.25) is 10.6 Å². The minimum Gasteiger partial charge on any atom is -0.460 e. The van der Waals surface area contributed by atoms with Gasteiger partial charge in [-0.1, -0.05) is 0 Å². The fourth-order valence-corrected chi connectivity index (χ4v) is 3.61. The first kappa shape index (κ1) is 16.7. The molecule has 0 aliphatic carbocycles. The van der Waals surface area contributed by atoms with E-state index >= 15 is 0 Å². The van der Waals surface area contributed by atoms with Gasteiger partial charge in [0.1, 0.15) is 6.10 Å². The van der Waals surface area contributed by atoms with Crippen molar-refractivity contribution in [3.8, 4) is 6.01 Å². The summed E-state index contributed by atoms with van der Waals surface area (Å²) in [4.78, 5) is 17.2. The Morgan fingerprint density at radius 1 is 1.00 bits per heavy atom. The summed E-state index contributed by atoms with van der Waals surface area (Å²) in [6.07, 6.45) is 1.48. The lowest BCUT2D eigenvalue weighted by Gasteiger charge is -2.52. The third-order valence-electron chi connectivity index (χ3n) is 3.57. The molecule has 0 saturated carbocycles. The molecule has 1 aliphatic rings. The van der Waals surface area contributed by atoms with E-state index in [0.29, 0.717) is 0 Å². The van der Waals surface area contributed by atoms with E-state index in [4.69, 9.17) is 32.8 Å². The summed E-state index contributed by atoms with van der Waals surface area (Å²) >= 11 is 11.5. The van der Waals surface area contributed by atoms with Crippen LogP contribution in [0.2, 0.25) is 10.6 Å². The summed E-state index contributed by atoms with van der Waals surface area (Å²) in [5.74, 6) is 0. The number of rotatable bonds is 3. The van der Waals surface area contributed by atoms with Gasteiger partial charge in [0.25, 0.3) is 0 Å². The number of aromatic nitrogens is 3. The Bertz CT molecular complexity index is 487. The lowest BCUT2D eigenvalue weighted by molar-refractivity contribution is -0.275. The van der Waals surface area contributed by atoms with E-state index in [1.165, 1.54) is 0 Å². The highest BCUT2D eigenvalue weighted by molar-refractivity contribution is 6.31. The second-order valence-corrected chi connectivity index (χ2v) is 7.08. The summed E-state index contributed by atoms with van der Waals surface area (Å²) in [7, 11) is 1.69. The molecule has 8 heteroatoms. The molecular formula is C13H20Cl2N4O2. The van der Waals surface area contributed by atoms with Crippen molar-refractivity contribution in [3.63, 3.8) is 0 Å². The maximum Gasteiger partial charge on any atom is 0.322 e. The Labute approximate surface area is 134 Å². The van der Waals surface area contributed by atoms with Gasteiger partial charge in [-0.3, -0.25) is 0 Å². The van der Waals surface area contributed by atoms with Gasteiger partial charge in [0.05, 0.1) is 7.11 Å². The molecule has 0 atom stereocenters. The van der Waals surface area contributed by atoms with E-state index in [1.54, 1.807) is 7.11 Å². The third kappa shape index (κ3) is 3.74. The molecule has 2 rings (SSSR count). The quantitative estimate of drug-likeness (QED) is 0.846. The number of hydrogen-bond acceptors (Lipinski definition) is 6. The van der Waals surface area contributed by atoms with Crippen LogP contribution in [-0.2, 0) is 4.84 Å². The van der Waals surface area contributed by atoms with Crippen LogP contribution >= 0.6 is 23.2 Å². The van der Waals surface area contributed by atoms with Crippen molar-refractivity contribution < 1.29 is 9.57 Å². The summed E-state index contributed by atoms with van der Waals surface area (Å²) in [5, 5.41) is 2.06. The van der Waals surface area contributed by atoms with Crippen LogP contribution in [-0.4, -0.2) is 44.3 Å². The fraction of sp³-hybridized carbons (Fsp3) is 0.769. The van der Waals surface area contributed by atoms with Gasteiger partial charge in [-0.25, -0.2) is 0 Å². The summed E-state index contributed by atoms with van der Waals surface area (Å²) < 4.78 is 5.87. The van der Waals surface area contributed by atoms with E-state index in [0.717, 1.165) is 12.8 Å². The first-order valence-electron chi connectivity index (χ1n) is 6.72. The van der Waals surface area contributed by atoms with Gasteiger partial charge in [0.15, 0.2) is 0 Å². The molecule has 0 radical (unpaired) electrons. The minimum atomic E-state index is -0.179. The zero-order chi connectivity index (χ0) is 15.8. The van der Waals surface area contributed by atoms with Crippen molar-refractivity contribution in [3.05, 3.63) is 10.6 Å². The van der Waals surface area contributed by atoms with E-state index < -0.39 is 0 Å². The highest BCUT2D eigenvalue weighted by Gasteiger charge is 2.47. The van der Waals surface area contributed by atoms with Crippen molar-refractivity contribution in [2.24, 2.45) is 0 Å². The Morgan fingerprint density at radius 2 is 1.48 bits per heavy atom. The maximum absolute atomic E-state index is 5.87. The Hall–Kier alpha value is -0.690. The van der Waals surface area contributed by atoms with Gasteiger partial charge in [-0.2, -0.15) is 20.0 Å². The lowest BCUT2D eigenvalue weighted by Crippen LogP contribution is -2.62. The van der Waals surface area contributed by atoms with E-state index in [9.17, 15) is 0 Å². The number of nitrogens with zero attached hydrogens (tertiary/aromatic N) is 4. The Morgan fingerprint density at radius 3 is 1.90 bits per heavy atom. The molecule has 21 heavy (non-hydrogen) atoms. The van der Waals surface area contributed by atoms with Gasteiger partial charge < -0.3 is 9.57 Å². The number of ether oxygens (including phenoxy) is 1. The molecule has 118 valence electrons. The zero-order valence-electron chi connectivity index (χ0n) is 12.9. The normalized spacial score (nSPS) is 22.2. The van der Waals surface area contributed by atoms with Crippen LogP contribution in [0.25, 0.3) is 0 Å². The molecule has 1 fully saturated rings. The largest absolute Gasteiger partial charge is 0.460 e. The molecule has 1 aromatic rings. The number of piperidine rings is 1. The molecule has 0 amide bonds. The molecule has 1 aromatic heterocycles. The van der Waals surface area contributed by atoms with E-state index in [2.05, 4.69) is 42.6 Å². The lowest BCUT2D eigenvalue weighted by atomic mass is 9.80. The van der Waals surface area contributed by atoms with Crippen molar-refractivity contribution >= 4 is 23.2 Å². The SMILES string of the molecule is CON1C(C)(C)CC(Oc2nc(Cl)nc(Cl)n2)CC1(C)C. The Kier molecular flexibility index (Phi) is 4.63. The Balaban J connectivity index is 2.18.